The highest BCUT2D eigenvalue weighted by molar-refractivity contribution is 9.10. The summed E-state index contributed by atoms with van der Waals surface area (Å²) in [5.41, 5.74) is 1.32. The molecule has 7 nitrogen and oxygen atoms in total. The average molecular weight is 441 g/mol. The van der Waals surface area contributed by atoms with E-state index in [1.807, 2.05) is 24.3 Å². The summed E-state index contributed by atoms with van der Waals surface area (Å²) in [5.74, 6) is -0.0279. The summed E-state index contributed by atoms with van der Waals surface area (Å²) in [6.07, 6.45) is 2.05. The molecule has 2 aromatic carbocycles. The summed E-state index contributed by atoms with van der Waals surface area (Å²) < 4.78 is 0.984. The van der Waals surface area contributed by atoms with E-state index in [2.05, 4.69) is 26.2 Å². The van der Waals surface area contributed by atoms with E-state index in [4.69, 9.17) is 0 Å². The van der Waals surface area contributed by atoms with Crippen LogP contribution in [0.15, 0.2) is 77.4 Å². The molecule has 0 saturated carbocycles. The molecule has 2 amide bonds. The van der Waals surface area contributed by atoms with Gasteiger partial charge in [-0.1, -0.05) is 46.3 Å². The van der Waals surface area contributed by atoms with Gasteiger partial charge in [0.2, 0.25) is 5.82 Å². The number of pyridine rings is 1. The van der Waals surface area contributed by atoms with Gasteiger partial charge >= 0.3 is 11.7 Å². The molecule has 0 unspecified atom stereocenters. The number of carbonyl (C=O) groups is 1. The number of hydrogen-bond donors (Lipinski definition) is 1. The summed E-state index contributed by atoms with van der Waals surface area (Å²) in [7, 11) is 0. The molecule has 3 aromatic rings. The minimum Gasteiger partial charge on any atom is -0.337 e. The Morgan fingerprint density at radius 3 is 2.46 bits per heavy atom. The third kappa shape index (κ3) is 4.72. The molecular formula is C20H17BrN4O3. The zero-order chi connectivity index (χ0) is 19.9. The lowest BCUT2D eigenvalue weighted by atomic mass is 10.1. The number of aromatic nitrogens is 1. The number of benzene rings is 2. The third-order valence-corrected chi connectivity index (χ3v) is 4.52. The number of amides is 2. The fourth-order valence-electron chi connectivity index (χ4n) is 2.66. The van der Waals surface area contributed by atoms with Gasteiger partial charge in [0.25, 0.3) is 0 Å². The van der Waals surface area contributed by atoms with Crippen molar-refractivity contribution in [1.82, 2.24) is 10.3 Å². The Morgan fingerprint density at radius 1 is 1.07 bits per heavy atom. The predicted molar refractivity (Wildman–Crippen MR) is 111 cm³/mol. The Bertz CT molecular complexity index is 965. The van der Waals surface area contributed by atoms with Crippen molar-refractivity contribution in [2.45, 2.75) is 6.42 Å². The van der Waals surface area contributed by atoms with Crippen LogP contribution in [-0.4, -0.2) is 22.5 Å². The van der Waals surface area contributed by atoms with Crippen LogP contribution < -0.4 is 10.2 Å². The van der Waals surface area contributed by atoms with Crippen LogP contribution in [0.1, 0.15) is 5.56 Å². The summed E-state index contributed by atoms with van der Waals surface area (Å²) in [6.45, 7) is 0.379. The van der Waals surface area contributed by atoms with Crippen molar-refractivity contribution in [1.29, 1.82) is 0 Å². The molecule has 0 spiro atoms. The van der Waals surface area contributed by atoms with Gasteiger partial charge in [-0.25, -0.2) is 14.7 Å². The monoisotopic (exact) mass is 440 g/mol. The highest BCUT2D eigenvalue weighted by atomic mass is 79.9. The van der Waals surface area contributed by atoms with Crippen LogP contribution in [0.3, 0.4) is 0 Å². The van der Waals surface area contributed by atoms with E-state index in [1.54, 1.807) is 30.3 Å². The van der Waals surface area contributed by atoms with Crippen molar-refractivity contribution < 1.29 is 9.72 Å². The molecule has 8 heteroatoms. The fraction of sp³-hybridized carbons (Fsp3) is 0.100. The maximum absolute atomic E-state index is 12.9. The lowest BCUT2D eigenvalue weighted by Crippen LogP contribution is -2.38. The summed E-state index contributed by atoms with van der Waals surface area (Å²) in [5, 5.41) is 14.2. The van der Waals surface area contributed by atoms with Crippen LogP contribution in [0.25, 0.3) is 0 Å². The number of carbonyl (C=O) groups excluding carboxylic acids is 1. The third-order valence-electron chi connectivity index (χ3n) is 4.00. The molecule has 1 N–H and O–H groups in total. The first-order valence-electron chi connectivity index (χ1n) is 8.53. The van der Waals surface area contributed by atoms with Crippen LogP contribution >= 0.6 is 15.9 Å². The highest BCUT2D eigenvalue weighted by Gasteiger charge is 2.27. The summed E-state index contributed by atoms with van der Waals surface area (Å²) >= 11 is 3.39. The van der Waals surface area contributed by atoms with E-state index in [0.717, 1.165) is 10.0 Å². The number of para-hydroxylation sites is 1. The first-order valence-corrected chi connectivity index (χ1v) is 9.32. The molecule has 0 aliphatic carbocycles. The normalized spacial score (nSPS) is 10.3. The van der Waals surface area contributed by atoms with Crippen LogP contribution in [0.5, 0.6) is 0 Å². The number of hydrogen-bond acceptors (Lipinski definition) is 4. The van der Waals surface area contributed by atoms with Crippen molar-refractivity contribution in [3.63, 3.8) is 0 Å². The molecule has 142 valence electrons. The Hall–Kier alpha value is -3.26. The minimum absolute atomic E-state index is 0.0279. The molecule has 0 radical (unpaired) electrons. The second kappa shape index (κ2) is 9.09. The van der Waals surface area contributed by atoms with Crippen LogP contribution in [0.2, 0.25) is 0 Å². The molecule has 28 heavy (non-hydrogen) atoms. The van der Waals surface area contributed by atoms with Gasteiger partial charge in [0, 0.05) is 23.3 Å². The molecule has 3 rings (SSSR count). The molecule has 0 aliphatic rings. The van der Waals surface area contributed by atoms with Gasteiger partial charge < -0.3 is 5.32 Å². The average Bonchev–Trinajstić information content (AvgIpc) is 2.71. The zero-order valence-electron chi connectivity index (χ0n) is 14.8. The number of anilines is 2. The van der Waals surface area contributed by atoms with E-state index < -0.39 is 11.0 Å². The standard InChI is InChI=1S/C20H17BrN4O3/c21-16-10-8-15(9-11-16)12-14-23-20(26)24(17-5-2-1-3-6-17)19-18(25(27)28)7-4-13-22-19/h1-11,13H,12,14H2,(H,23,26). The molecule has 0 atom stereocenters. The van der Waals surface area contributed by atoms with Crippen molar-refractivity contribution in [3.8, 4) is 0 Å². The SMILES string of the molecule is O=C(NCCc1ccc(Br)cc1)N(c1ccccc1)c1ncccc1[N+](=O)[O-]. The Kier molecular flexibility index (Phi) is 6.33. The Balaban J connectivity index is 1.82. The van der Waals surface area contributed by atoms with Gasteiger partial charge in [0.15, 0.2) is 0 Å². The van der Waals surface area contributed by atoms with Gasteiger partial charge in [-0.15, -0.1) is 0 Å². The van der Waals surface area contributed by atoms with Gasteiger partial charge in [0.05, 0.1) is 10.6 Å². The number of rotatable bonds is 6. The van der Waals surface area contributed by atoms with E-state index in [9.17, 15) is 14.9 Å². The molecule has 0 aliphatic heterocycles. The topological polar surface area (TPSA) is 88.4 Å². The van der Waals surface area contributed by atoms with E-state index in [0.29, 0.717) is 18.7 Å². The van der Waals surface area contributed by atoms with E-state index in [-0.39, 0.29) is 11.5 Å². The van der Waals surface area contributed by atoms with Gasteiger partial charge in [-0.2, -0.15) is 0 Å². The predicted octanol–water partition coefficient (Wildman–Crippen LogP) is 4.84. The fourth-order valence-corrected chi connectivity index (χ4v) is 2.92. The number of nitrogens with zero attached hydrogens (tertiary/aromatic N) is 3. The van der Waals surface area contributed by atoms with Gasteiger partial charge in [0.1, 0.15) is 0 Å². The van der Waals surface area contributed by atoms with Crippen LogP contribution in [-0.2, 0) is 6.42 Å². The van der Waals surface area contributed by atoms with Gasteiger partial charge in [-0.05, 0) is 42.3 Å². The number of nitro groups is 1. The quantitative estimate of drug-likeness (QED) is 0.438. The van der Waals surface area contributed by atoms with E-state index >= 15 is 0 Å². The van der Waals surface area contributed by atoms with Crippen molar-refractivity contribution in [2.24, 2.45) is 0 Å². The molecular weight excluding hydrogens is 424 g/mol. The van der Waals surface area contributed by atoms with E-state index in [1.165, 1.54) is 23.2 Å². The largest absolute Gasteiger partial charge is 0.337 e. The Labute approximate surface area is 170 Å². The Morgan fingerprint density at radius 2 is 1.79 bits per heavy atom. The lowest BCUT2D eigenvalue weighted by molar-refractivity contribution is -0.384. The molecule has 1 aromatic heterocycles. The maximum Gasteiger partial charge on any atom is 0.327 e. The second-order valence-corrected chi connectivity index (χ2v) is 6.80. The van der Waals surface area contributed by atoms with Crippen molar-refractivity contribution in [3.05, 3.63) is 93.1 Å². The van der Waals surface area contributed by atoms with Gasteiger partial charge in [-0.3, -0.25) is 10.1 Å². The number of halogens is 1. The lowest BCUT2D eigenvalue weighted by Gasteiger charge is -2.22. The molecule has 0 saturated heterocycles. The summed E-state index contributed by atoms with van der Waals surface area (Å²) in [4.78, 5) is 29.1. The second-order valence-electron chi connectivity index (χ2n) is 5.88. The molecule has 0 bridgehead atoms. The maximum atomic E-state index is 12.9. The first kappa shape index (κ1) is 19.5. The van der Waals surface area contributed by atoms with Crippen LogP contribution in [0, 0.1) is 10.1 Å². The number of nitrogens with one attached hydrogen (secondary N) is 1. The molecule has 0 fully saturated rings. The van der Waals surface area contributed by atoms with Crippen LogP contribution in [0.4, 0.5) is 22.0 Å². The van der Waals surface area contributed by atoms with Crippen molar-refractivity contribution >= 4 is 39.2 Å². The smallest absolute Gasteiger partial charge is 0.327 e. The minimum atomic E-state index is -0.548. The summed E-state index contributed by atoms with van der Waals surface area (Å²) in [6, 6.07) is 18.8. The zero-order valence-corrected chi connectivity index (χ0v) is 16.4. The van der Waals surface area contributed by atoms with Crippen molar-refractivity contribution in [2.75, 3.05) is 11.4 Å². The number of urea groups is 1. The molecule has 1 heterocycles. The highest BCUT2D eigenvalue weighted by Crippen LogP contribution is 2.31. The first-order chi connectivity index (χ1) is 13.6.